The third-order valence-electron chi connectivity index (χ3n) is 10.4. The summed E-state index contributed by atoms with van der Waals surface area (Å²) in [5.74, 6) is -1.08. The first-order chi connectivity index (χ1) is 34.5. The normalized spacial score (nSPS) is 13.6. The molecule has 0 aromatic heterocycles. The van der Waals surface area contributed by atoms with Crippen LogP contribution in [-0.4, -0.2) is 37.2 Å². The maximum absolute atomic E-state index is 12.8. The molecule has 0 radical (unpaired) electrons. The molecule has 6 nitrogen and oxygen atoms in total. The molecule has 0 aliphatic carbocycles. The molecule has 1 unspecified atom stereocenters. The molecule has 0 fully saturated rings. The topological polar surface area (TPSA) is 78.9 Å². The second-order valence-electron chi connectivity index (χ2n) is 17.0. The van der Waals surface area contributed by atoms with Crippen LogP contribution in [0.3, 0.4) is 0 Å². The molecule has 0 rings (SSSR count). The van der Waals surface area contributed by atoms with Crippen LogP contribution in [0.15, 0.2) is 182 Å². The summed E-state index contributed by atoms with van der Waals surface area (Å²) in [6, 6.07) is 0. The molecule has 0 saturated heterocycles. The van der Waals surface area contributed by atoms with E-state index in [9.17, 15) is 14.4 Å². The second kappa shape index (κ2) is 56.1. The number of rotatable bonds is 45. The number of unbranched alkanes of at least 4 members (excludes halogenated alkanes) is 13. The van der Waals surface area contributed by atoms with Gasteiger partial charge in [-0.15, -0.1) is 0 Å². The lowest BCUT2D eigenvalue weighted by atomic mass is 10.1. The number of hydrogen-bond donors (Lipinski definition) is 0. The fourth-order valence-electron chi connectivity index (χ4n) is 6.38. The van der Waals surface area contributed by atoms with Gasteiger partial charge in [0.25, 0.3) is 0 Å². The van der Waals surface area contributed by atoms with Gasteiger partial charge in [-0.1, -0.05) is 248 Å². The van der Waals surface area contributed by atoms with E-state index in [2.05, 4.69) is 106 Å². The fraction of sp³-hybridized carbons (Fsp3) is 0.484. The van der Waals surface area contributed by atoms with E-state index < -0.39 is 6.10 Å². The Bertz CT molecular complexity index is 1720. The van der Waals surface area contributed by atoms with Crippen LogP contribution in [-0.2, 0) is 28.6 Å². The molecule has 6 heteroatoms. The highest BCUT2D eigenvalue weighted by atomic mass is 16.6. The van der Waals surface area contributed by atoms with Gasteiger partial charge in [0.1, 0.15) is 13.2 Å². The summed E-state index contributed by atoms with van der Waals surface area (Å²) in [6.07, 6.45) is 84.4. The average Bonchev–Trinajstić information content (AvgIpc) is 3.36. The van der Waals surface area contributed by atoms with Gasteiger partial charge in [-0.05, 0) is 96.3 Å². The summed E-state index contributed by atoms with van der Waals surface area (Å²) in [5, 5.41) is 0. The van der Waals surface area contributed by atoms with E-state index in [4.69, 9.17) is 14.2 Å². The van der Waals surface area contributed by atoms with Crippen LogP contribution in [0.1, 0.15) is 181 Å². The van der Waals surface area contributed by atoms with Gasteiger partial charge in [-0.2, -0.15) is 0 Å². The van der Waals surface area contributed by atoms with E-state index in [1.807, 2.05) is 97.2 Å². The number of carbonyl (C=O) groups is 3. The van der Waals surface area contributed by atoms with Crippen molar-refractivity contribution in [2.75, 3.05) is 13.2 Å². The Morgan fingerprint density at radius 2 is 0.657 bits per heavy atom. The minimum absolute atomic E-state index is 0.138. The minimum atomic E-state index is -0.846. The molecule has 0 aliphatic heterocycles. The zero-order valence-electron chi connectivity index (χ0n) is 43.9. The second-order valence-corrected chi connectivity index (χ2v) is 17.0. The van der Waals surface area contributed by atoms with Gasteiger partial charge in [-0.25, -0.2) is 0 Å². The van der Waals surface area contributed by atoms with Crippen molar-refractivity contribution in [1.29, 1.82) is 0 Å². The molecule has 0 bridgehead atoms. The van der Waals surface area contributed by atoms with Crippen molar-refractivity contribution in [3.8, 4) is 0 Å². The average molecular weight is 959 g/mol. The SMILES string of the molecule is CC\C=C/C=C\C=C/C=C\C=C\C=C/CCCCCC(=O)OC(COC(=O)CCC/C=C\C/C=C\C/C=C\C/C=C\CCCCC)COC(=O)CCCCCCC\C=C/C=C\C=C/C=C\C=C/CCC. The standard InChI is InChI=1S/C64H94O6/c1-4-7-10-13-16-19-22-25-28-31-34-36-39-42-45-48-51-54-57-63(66)69-60-61(70-64(67)58-55-52-49-46-43-40-37-33-30-27-24-21-18-15-12-9-6-3)59-68-62(65)56-53-50-47-44-41-38-35-32-29-26-23-20-17-14-11-8-5-2/h9-10,12-13,15-22,24-31,33-38,40,43-44,47,61H,4-8,11,14,23,32,39,41-42,45-46,48-60H2,1-3H3/b12-9-,13-10-,18-15-,19-16-,20-17-,24-21-,25-22-,29-26-,30-27-,31-28-,36-34-,37-33+,38-35-,43-40-,47-44-. The summed E-state index contributed by atoms with van der Waals surface area (Å²) in [7, 11) is 0. The van der Waals surface area contributed by atoms with Crippen LogP contribution in [0.25, 0.3) is 0 Å². The Morgan fingerprint density at radius 3 is 1.13 bits per heavy atom. The minimum Gasteiger partial charge on any atom is -0.462 e. The summed E-state index contributed by atoms with van der Waals surface area (Å²) in [4.78, 5) is 38.1. The Balaban J connectivity index is 4.68. The maximum Gasteiger partial charge on any atom is 0.306 e. The predicted molar refractivity (Wildman–Crippen MR) is 301 cm³/mol. The number of esters is 3. The fourth-order valence-corrected chi connectivity index (χ4v) is 6.38. The van der Waals surface area contributed by atoms with E-state index in [0.29, 0.717) is 19.3 Å². The molecule has 386 valence electrons. The van der Waals surface area contributed by atoms with Crippen molar-refractivity contribution < 1.29 is 28.6 Å². The molecule has 70 heavy (non-hydrogen) atoms. The molecule has 0 amide bonds. The zero-order valence-corrected chi connectivity index (χ0v) is 43.9. The Kier molecular flexibility index (Phi) is 51.7. The number of hydrogen-bond acceptors (Lipinski definition) is 6. The molecule has 0 heterocycles. The predicted octanol–water partition coefficient (Wildman–Crippen LogP) is 18.1. The van der Waals surface area contributed by atoms with E-state index >= 15 is 0 Å². The van der Waals surface area contributed by atoms with E-state index in [1.165, 1.54) is 32.1 Å². The van der Waals surface area contributed by atoms with Gasteiger partial charge in [-0.3, -0.25) is 14.4 Å². The molecule has 0 saturated carbocycles. The zero-order chi connectivity index (χ0) is 50.7. The largest absolute Gasteiger partial charge is 0.462 e. The van der Waals surface area contributed by atoms with Crippen LogP contribution < -0.4 is 0 Å². The van der Waals surface area contributed by atoms with Crippen molar-refractivity contribution in [2.45, 2.75) is 187 Å². The van der Waals surface area contributed by atoms with Crippen molar-refractivity contribution in [3.05, 3.63) is 182 Å². The van der Waals surface area contributed by atoms with Gasteiger partial charge >= 0.3 is 17.9 Å². The Hall–Kier alpha value is -5.49. The summed E-state index contributed by atoms with van der Waals surface area (Å²) >= 11 is 0. The maximum atomic E-state index is 12.8. The first kappa shape index (κ1) is 64.5. The number of carbonyl (C=O) groups excluding carboxylic acids is 3. The molecular weight excluding hydrogens is 865 g/mol. The smallest absolute Gasteiger partial charge is 0.306 e. The quantitative estimate of drug-likeness (QED) is 0.0199. The summed E-state index contributed by atoms with van der Waals surface area (Å²) in [6.45, 7) is 6.24. The lowest BCUT2D eigenvalue weighted by Gasteiger charge is -2.18. The summed E-state index contributed by atoms with van der Waals surface area (Å²) < 4.78 is 16.7. The van der Waals surface area contributed by atoms with Crippen LogP contribution in [0.4, 0.5) is 0 Å². The van der Waals surface area contributed by atoms with Crippen molar-refractivity contribution in [2.24, 2.45) is 0 Å². The van der Waals surface area contributed by atoms with Gasteiger partial charge < -0.3 is 14.2 Å². The highest BCUT2D eigenvalue weighted by Gasteiger charge is 2.19. The lowest BCUT2D eigenvalue weighted by molar-refractivity contribution is -0.167. The third kappa shape index (κ3) is 53.5. The number of allylic oxidation sites excluding steroid dienone is 30. The number of ether oxygens (including phenoxy) is 3. The molecule has 0 spiro atoms. The van der Waals surface area contributed by atoms with Crippen LogP contribution >= 0.6 is 0 Å². The lowest BCUT2D eigenvalue weighted by Crippen LogP contribution is -2.30. The van der Waals surface area contributed by atoms with Crippen molar-refractivity contribution >= 4 is 17.9 Å². The third-order valence-corrected chi connectivity index (χ3v) is 10.4. The van der Waals surface area contributed by atoms with Crippen LogP contribution in [0, 0.1) is 0 Å². The first-order valence-electron chi connectivity index (χ1n) is 26.9. The highest BCUT2D eigenvalue weighted by molar-refractivity contribution is 5.71. The first-order valence-corrected chi connectivity index (χ1v) is 26.9. The van der Waals surface area contributed by atoms with Crippen LogP contribution in [0.2, 0.25) is 0 Å². The van der Waals surface area contributed by atoms with E-state index in [0.717, 1.165) is 96.3 Å². The van der Waals surface area contributed by atoms with Gasteiger partial charge in [0.2, 0.25) is 0 Å². The monoisotopic (exact) mass is 959 g/mol. The molecule has 0 aromatic carbocycles. The molecule has 0 N–H and O–H groups in total. The van der Waals surface area contributed by atoms with Gasteiger partial charge in [0.05, 0.1) is 0 Å². The highest BCUT2D eigenvalue weighted by Crippen LogP contribution is 2.11. The molecular formula is C64H94O6. The van der Waals surface area contributed by atoms with Crippen LogP contribution in [0.5, 0.6) is 0 Å². The van der Waals surface area contributed by atoms with Crippen molar-refractivity contribution in [3.63, 3.8) is 0 Å². The van der Waals surface area contributed by atoms with E-state index in [1.54, 1.807) is 0 Å². The Labute approximate surface area is 427 Å². The summed E-state index contributed by atoms with van der Waals surface area (Å²) in [5.41, 5.74) is 0. The molecule has 1 atom stereocenters. The van der Waals surface area contributed by atoms with E-state index in [-0.39, 0.29) is 44.0 Å². The van der Waals surface area contributed by atoms with Crippen molar-refractivity contribution in [1.82, 2.24) is 0 Å². The van der Waals surface area contributed by atoms with Gasteiger partial charge in [0, 0.05) is 19.3 Å². The molecule has 0 aliphatic rings. The Morgan fingerprint density at radius 1 is 0.314 bits per heavy atom. The van der Waals surface area contributed by atoms with Gasteiger partial charge in [0.15, 0.2) is 6.10 Å². The molecule has 0 aromatic rings.